The summed E-state index contributed by atoms with van der Waals surface area (Å²) in [6, 6.07) is 7.20. The van der Waals surface area contributed by atoms with E-state index < -0.39 is 33.3 Å². The maximum absolute atomic E-state index is 13.2. The average Bonchev–Trinajstić information content (AvgIpc) is 2.40. The highest BCUT2D eigenvalue weighted by molar-refractivity contribution is 7.92. The second-order valence-electron chi connectivity index (χ2n) is 4.56. The second kappa shape index (κ2) is 5.60. The molecule has 0 fully saturated rings. The van der Waals surface area contributed by atoms with Gasteiger partial charge in [-0.05, 0) is 42.8 Å². The van der Waals surface area contributed by atoms with Gasteiger partial charge in [0.05, 0.1) is 16.1 Å². The number of rotatable bonds is 3. The monoisotopic (exact) mass is 333 g/mol. The van der Waals surface area contributed by atoms with Gasteiger partial charge in [-0.15, -0.1) is 0 Å². The molecule has 2 aromatic rings. The van der Waals surface area contributed by atoms with Crippen LogP contribution in [-0.2, 0) is 16.2 Å². The Morgan fingerprint density at radius 3 is 2.27 bits per heavy atom. The van der Waals surface area contributed by atoms with Gasteiger partial charge in [-0.2, -0.15) is 13.2 Å². The van der Waals surface area contributed by atoms with Gasteiger partial charge in [0, 0.05) is 0 Å². The summed E-state index contributed by atoms with van der Waals surface area (Å²) >= 11 is 0. The number of hydrogen-bond acceptors (Lipinski definition) is 2. The van der Waals surface area contributed by atoms with Crippen molar-refractivity contribution in [1.29, 1.82) is 0 Å². The molecule has 0 unspecified atom stereocenters. The van der Waals surface area contributed by atoms with Gasteiger partial charge >= 0.3 is 6.18 Å². The van der Waals surface area contributed by atoms with Crippen molar-refractivity contribution < 1.29 is 26.0 Å². The van der Waals surface area contributed by atoms with E-state index in [1.54, 1.807) is 0 Å². The lowest BCUT2D eigenvalue weighted by Gasteiger charge is -2.14. The molecule has 1 N–H and O–H groups in total. The Kier molecular flexibility index (Phi) is 4.15. The van der Waals surface area contributed by atoms with Gasteiger partial charge in [-0.1, -0.05) is 12.1 Å². The molecule has 0 heterocycles. The zero-order valence-corrected chi connectivity index (χ0v) is 12.1. The normalized spacial score (nSPS) is 12.2. The molecular weight excluding hydrogens is 322 g/mol. The van der Waals surface area contributed by atoms with Crippen LogP contribution >= 0.6 is 0 Å². The van der Waals surface area contributed by atoms with Crippen molar-refractivity contribution >= 4 is 15.7 Å². The third-order valence-corrected chi connectivity index (χ3v) is 4.28. The van der Waals surface area contributed by atoms with Crippen molar-refractivity contribution in [1.82, 2.24) is 0 Å². The summed E-state index contributed by atoms with van der Waals surface area (Å²) in [6.07, 6.45) is -4.70. The van der Waals surface area contributed by atoms with E-state index in [9.17, 15) is 26.0 Å². The fraction of sp³-hybridized carbons (Fsp3) is 0.143. The van der Waals surface area contributed by atoms with Gasteiger partial charge in [0.15, 0.2) is 0 Å². The maximum atomic E-state index is 13.2. The fourth-order valence-corrected chi connectivity index (χ4v) is 2.97. The van der Waals surface area contributed by atoms with E-state index in [2.05, 4.69) is 0 Å². The van der Waals surface area contributed by atoms with E-state index in [0.717, 1.165) is 36.4 Å². The van der Waals surface area contributed by atoms with Gasteiger partial charge in [0.25, 0.3) is 10.0 Å². The molecule has 0 radical (unpaired) electrons. The Morgan fingerprint density at radius 1 is 1.05 bits per heavy atom. The topological polar surface area (TPSA) is 46.2 Å². The second-order valence-corrected chi connectivity index (χ2v) is 6.24. The van der Waals surface area contributed by atoms with Crippen LogP contribution in [-0.4, -0.2) is 8.42 Å². The van der Waals surface area contributed by atoms with Gasteiger partial charge in [0.2, 0.25) is 0 Å². The van der Waals surface area contributed by atoms with Crippen molar-refractivity contribution in [2.45, 2.75) is 18.0 Å². The van der Waals surface area contributed by atoms with E-state index in [4.69, 9.17) is 0 Å². The van der Waals surface area contributed by atoms with Crippen LogP contribution < -0.4 is 4.72 Å². The molecular formula is C14H11F4NO2S. The largest absolute Gasteiger partial charge is 0.418 e. The third kappa shape index (κ3) is 3.38. The van der Waals surface area contributed by atoms with Gasteiger partial charge in [-0.25, -0.2) is 12.8 Å². The summed E-state index contributed by atoms with van der Waals surface area (Å²) in [6.45, 7) is 1.36. The van der Waals surface area contributed by atoms with E-state index >= 15 is 0 Å². The minimum atomic E-state index is -4.70. The van der Waals surface area contributed by atoms with Gasteiger partial charge in [-0.3, -0.25) is 4.72 Å². The minimum absolute atomic E-state index is 0.0759. The first-order valence-electron chi connectivity index (χ1n) is 6.06. The van der Waals surface area contributed by atoms with E-state index in [1.807, 2.05) is 4.72 Å². The molecule has 0 aromatic heterocycles. The number of halogens is 4. The van der Waals surface area contributed by atoms with Crippen molar-refractivity contribution in [2.24, 2.45) is 0 Å². The number of aryl methyl sites for hydroxylation is 1. The van der Waals surface area contributed by atoms with Crippen LogP contribution in [0, 0.1) is 12.7 Å². The highest BCUT2D eigenvalue weighted by atomic mass is 32.2. The lowest BCUT2D eigenvalue weighted by Crippen LogP contribution is -2.17. The molecule has 118 valence electrons. The first-order chi connectivity index (χ1) is 10.1. The standard InChI is InChI=1S/C14H11F4NO2S/c1-9-8-10(6-7-12(9)15)22(20,21)19-13-5-3-2-4-11(13)14(16,17)18/h2-8,19H,1H3. The third-order valence-electron chi connectivity index (χ3n) is 2.92. The van der Waals surface area contributed by atoms with Crippen LogP contribution in [0.1, 0.15) is 11.1 Å². The van der Waals surface area contributed by atoms with Crippen LogP contribution in [0.2, 0.25) is 0 Å². The SMILES string of the molecule is Cc1cc(S(=O)(=O)Nc2ccccc2C(F)(F)F)ccc1F. The number of hydrogen-bond donors (Lipinski definition) is 1. The fourth-order valence-electron chi connectivity index (χ4n) is 1.81. The lowest BCUT2D eigenvalue weighted by atomic mass is 10.2. The highest BCUT2D eigenvalue weighted by Gasteiger charge is 2.34. The molecule has 0 aliphatic carbocycles. The van der Waals surface area contributed by atoms with Crippen molar-refractivity contribution in [3.63, 3.8) is 0 Å². The first-order valence-corrected chi connectivity index (χ1v) is 7.55. The molecule has 0 aliphatic rings. The van der Waals surface area contributed by atoms with Crippen LogP contribution in [0.4, 0.5) is 23.2 Å². The summed E-state index contributed by atoms with van der Waals surface area (Å²) in [5.41, 5.74) is -1.61. The van der Waals surface area contributed by atoms with E-state index in [1.165, 1.54) is 13.0 Å². The summed E-state index contributed by atoms with van der Waals surface area (Å²) in [7, 11) is -4.25. The zero-order chi connectivity index (χ0) is 16.5. The first kappa shape index (κ1) is 16.3. The van der Waals surface area contributed by atoms with Gasteiger partial charge in [0.1, 0.15) is 5.82 Å². The Bertz CT molecular complexity index is 801. The highest BCUT2D eigenvalue weighted by Crippen LogP contribution is 2.35. The molecule has 0 amide bonds. The molecule has 0 saturated heterocycles. The summed E-state index contributed by atoms with van der Waals surface area (Å²) in [4.78, 5) is -0.316. The van der Waals surface area contributed by atoms with E-state index in [-0.39, 0.29) is 10.5 Å². The number of anilines is 1. The maximum Gasteiger partial charge on any atom is 0.418 e. The average molecular weight is 333 g/mol. The molecule has 0 atom stereocenters. The summed E-state index contributed by atoms with van der Waals surface area (Å²) in [5, 5.41) is 0. The Morgan fingerprint density at radius 2 is 1.68 bits per heavy atom. The van der Waals surface area contributed by atoms with E-state index in [0.29, 0.717) is 0 Å². The summed E-state index contributed by atoms with van der Waals surface area (Å²) < 4.78 is 77.9. The molecule has 2 rings (SSSR count). The molecule has 0 aliphatic heterocycles. The number of benzene rings is 2. The Balaban J connectivity index is 2.44. The number of para-hydroxylation sites is 1. The predicted molar refractivity (Wildman–Crippen MR) is 73.4 cm³/mol. The smallest absolute Gasteiger partial charge is 0.279 e. The Labute approximate surface area is 124 Å². The quantitative estimate of drug-likeness (QED) is 0.865. The number of alkyl halides is 3. The zero-order valence-electron chi connectivity index (χ0n) is 11.3. The van der Waals surface area contributed by atoms with Crippen molar-refractivity contribution in [3.05, 3.63) is 59.4 Å². The van der Waals surface area contributed by atoms with Crippen LogP contribution in [0.15, 0.2) is 47.4 Å². The molecule has 0 bridgehead atoms. The molecule has 2 aromatic carbocycles. The molecule has 0 spiro atoms. The number of nitrogens with one attached hydrogen (secondary N) is 1. The van der Waals surface area contributed by atoms with Gasteiger partial charge < -0.3 is 0 Å². The van der Waals surface area contributed by atoms with Crippen LogP contribution in [0.3, 0.4) is 0 Å². The van der Waals surface area contributed by atoms with Crippen LogP contribution in [0.25, 0.3) is 0 Å². The number of sulfonamides is 1. The van der Waals surface area contributed by atoms with Crippen LogP contribution in [0.5, 0.6) is 0 Å². The lowest BCUT2D eigenvalue weighted by molar-refractivity contribution is -0.136. The molecule has 0 saturated carbocycles. The molecule has 3 nitrogen and oxygen atoms in total. The minimum Gasteiger partial charge on any atom is -0.279 e. The Hall–Kier alpha value is -2.09. The summed E-state index contributed by atoms with van der Waals surface area (Å²) in [5.74, 6) is -0.602. The van der Waals surface area contributed by atoms with Crippen molar-refractivity contribution in [3.8, 4) is 0 Å². The molecule has 22 heavy (non-hydrogen) atoms. The molecule has 8 heteroatoms. The predicted octanol–water partition coefficient (Wildman–Crippen LogP) is 3.95. The van der Waals surface area contributed by atoms with Crippen molar-refractivity contribution in [2.75, 3.05) is 4.72 Å².